The van der Waals surface area contributed by atoms with E-state index in [9.17, 15) is 9.59 Å². The van der Waals surface area contributed by atoms with Crippen molar-refractivity contribution in [1.82, 2.24) is 20.4 Å². The number of nitrogens with one attached hydrogen (secondary N) is 2. The number of hydrogen-bond acceptors (Lipinski definition) is 5. The summed E-state index contributed by atoms with van der Waals surface area (Å²) in [7, 11) is 0. The Hall–Kier alpha value is -2.12. The fourth-order valence-corrected chi connectivity index (χ4v) is 3.96. The standard InChI is InChI=1S/C21H30N4O3/c1-15(21(27)22-16-6-7-16)25-11-9-24(10-12-25)14-20(26)23-18-8-13-28-19-5-3-2-4-17(18)19/h2-5,15-16,18H,6-14H2,1H3,(H,22,27)(H,23,26)/t15-,18+/m1/s1. The Kier molecular flexibility index (Phi) is 5.82. The molecule has 2 atom stereocenters. The predicted molar refractivity (Wildman–Crippen MR) is 106 cm³/mol. The lowest BCUT2D eigenvalue weighted by atomic mass is 10.0. The molecule has 2 N–H and O–H groups in total. The largest absolute Gasteiger partial charge is 0.493 e. The van der Waals surface area contributed by atoms with Gasteiger partial charge in [0.15, 0.2) is 0 Å². The molecule has 0 bridgehead atoms. The molecule has 2 fully saturated rings. The number of nitrogens with zero attached hydrogens (tertiary/aromatic N) is 2. The second kappa shape index (κ2) is 8.49. The molecule has 2 heterocycles. The van der Waals surface area contributed by atoms with E-state index < -0.39 is 0 Å². The summed E-state index contributed by atoms with van der Waals surface area (Å²) in [6.07, 6.45) is 3.02. The third-order valence-electron chi connectivity index (χ3n) is 5.92. The van der Waals surface area contributed by atoms with Crippen molar-refractivity contribution < 1.29 is 14.3 Å². The van der Waals surface area contributed by atoms with Crippen LogP contribution in [0.4, 0.5) is 0 Å². The summed E-state index contributed by atoms with van der Waals surface area (Å²) >= 11 is 0. The van der Waals surface area contributed by atoms with Crippen LogP contribution < -0.4 is 15.4 Å². The van der Waals surface area contributed by atoms with Crippen molar-refractivity contribution in [2.75, 3.05) is 39.3 Å². The first-order valence-corrected chi connectivity index (χ1v) is 10.4. The highest BCUT2D eigenvalue weighted by Crippen LogP contribution is 2.31. The molecule has 152 valence electrons. The SMILES string of the molecule is C[C@H](C(=O)NC1CC1)N1CCN(CC(=O)N[C@H]2CCOc3ccccc32)CC1. The molecule has 0 radical (unpaired) electrons. The number of para-hydroxylation sites is 1. The summed E-state index contributed by atoms with van der Waals surface area (Å²) in [5.41, 5.74) is 1.06. The Bertz CT molecular complexity index is 713. The third kappa shape index (κ3) is 4.64. The maximum absolute atomic E-state index is 12.6. The quantitative estimate of drug-likeness (QED) is 0.760. The highest BCUT2D eigenvalue weighted by atomic mass is 16.5. The van der Waals surface area contributed by atoms with Crippen molar-refractivity contribution in [1.29, 1.82) is 0 Å². The number of amides is 2. The molecular weight excluding hydrogens is 356 g/mol. The van der Waals surface area contributed by atoms with Gasteiger partial charge in [0.25, 0.3) is 0 Å². The van der Waals surface area contributed by atoms with Gasteiger partial charge in [-0.1, -0.05) is 18.2 Å². The lowest BCUT2D eigenvalue weighted by molar-refractivity contribution is -0.128. The predicted octanol–water partition coefficient (Wildman–Crippen LogP) is 0.911. The fourth-order valence-electron chi connectivity index (χ4n) is 3.96. The number of carbonyl (C=O) groups excluding carboxylic acids is 2. The van der Waals surface area contributed by atoms with Gasteiger partial charge in [-0.05, 0) is 25.8 Å². The van der Waals surface area contributed by atoms with E-state index in [-0.39, 0.29) is 23.9 Å². The average Bonchev–Trinajstić information content (AvgIpc) is 3.52. The topological polar surface area (TPSA) is 73.9 Å². The number of ether oxygens (including phenoxy) is 1. The molecule has 28 heavy (non-hydrogen) atoms. The number of piperazine rings is 1. The summed E-state index contributed by atoms with van der Waals surface area (Å²) in [5, 5.41) is 6.24. The van der Waals surface area contributed by atoms with Gasteiger partial charge in [0.05, 0.1) is 25.2 Å². The Morgan fingerprint density at radius 1 is 1.11 bits per heavy atom. The summed E-state index contributed by atoms with van der Waals surface area (Å²) in [4.78, 5) is 29.2. The van der Waals surface area contributed by atoms with Crippen molar-refractivity contribution in [3.05, 3.63) is 29.8 Å². The number of carbonyl (C=O) groups is 2. The van der Waals surface area contributed by atoms with Crippen LogP contribution in [-0.4, -0.2) is 73.0 Å². The van der Waals surface area contributed by atoms with Crippen LogP contribution in [-0.2, 0) is 9.59 Å². The van der Waals surface area contributed by atoms with Gasteiger partial charge >= 0.3 is 0 Å². The van der Waals surface area contributed by atoms with Crippen LogP contribution in [0, 0.1) is 0 Å². The first-order valence-electron chi connectivity index (χ1n) is 10.4. The van der Waals surface area contributed by atoms with E-state index in [4.69, 9.17) is 4.74 Å². The fraction of sp³-hybridized carbons (Fsp3) is 0.619. The Balaban J connectivity index is 1.23. The lowest BCUT2D eigenvalue weighted by Gasteiger charge is -2.37. The molecular formula is C21H30N4O3. The van der Waals surface area contributed by atoms with E-state index in [0.29, 0.717) is 19.2 Å². The average molecular weight is 386 g/mol. The molecule has 2 aliphatic heterocycles. The smallest absolute Gasteiger partial charge is 0.237 e. The Morgan fingerprint density at radius 3 is 2.61 bits per heavy atom. The van der Waals surface area contributed by atoms with Crippen LogP contribution in [0.3, 0.4) is 0 Å². The second-order valence-electron chi connectivity index (χ2n) is 8.07. The molecule has 7 heteroatoms. The van der Waals surface area contributed by atoms with Gasteiger partial charge in [-0.3, -0.25) is 19.4 Å². The van der Waals surface area contributed by atoms with E-state index in [1.54, 1.807) is 0 Å². The maximum atomic E-state index is 12.6. The molecule has 0 aromatic heterocycles. The number of fused-ring (bicyclic) bond motifs is 1. The second-order valence-corrected chi connectivity index (χ2v) is 8.07. The summed E-state index contributed by atoms with van der Waals surface area (Å²) in [6, 6.07) is 8.22. The molecule has 2 amide bonds. The molecule has 1 saturated heterocycles. The van der Waals surface area contributed by atoms with Gasteiger partial charge in [0, 0.05) is 44.2 Å². The van der Waals surface area contributed by atoms with Gasteiger partial charge in [0.1, 0.15) is 5.75 Å². The summed E-state index contributed by atoms with van der Waals surface area (Å²) < 4.78 is 5.67. The van der Waals surface area contributed by atoms with Crippen LogP contribution in [0.5, 0.6) is 5.75 Å². The van der Waals surface area contributed by atoms with Crippen molar-refractivity contribution in [3.63, 3.8) is 0 Å². The molecule has 7 nitrogen and oxygen atoms in total. The van der Waals surface area contributed by atoms with Crippen molar-refractivity contribution in [2.24, 2.45) is 0 Å². The van der Waals surface area contributed by atoms with Crippen LogP contribution in [0.1, 0.15) is 37.8 Å². The Labute approximate surface area is 166 Å². The molecule has 1 aromatic carbocycles. The van der Waals surface area contributed by atoms with Gasteiger partial charge in [-0.15, -0.1) is 0 Å². The van der Waals surface area contributed by atoms with Crippen LogP contribution in [0.15, 0.2) is 24.3 Å². The first kappa shape index (κ1) is 19.2. The molecule has 1 aliphatic carbocycles. The molecule has 0 unspecified atom stereocenters. The van der Waals surface area contributed by atoms with Gasteiger partial charge < -0.3 is 15.4 Å². The zero-order valence-corrected chi connectivity index (χ0v) is 16.5. The highest BCUT2D eigenvalue weighted by molar-refractivity contribution is 5.82. The van der Waals surface area contributed by atoms with Crippen molar-refractivity contribution >= 4 is 11.8 Å². The van der Waals surface area contributed by atoms with Crippen molar-refractivity contribution in [2.45, 2.75) is 44.3 Å². The van der Waals surface area contributed by atoms with Crippen LogP contribution >= 0.6 is 0 Å². The normalized spacial score (nSPS) is 24.0. The maximum Gasteiger partial charge on any atom is 0.237 e. The minimum Gasteiger partial charge on any atom is -0.493 e. The number of hydrogen-bond donors (Lipinski definition) is 2. The minimum atomic E-state index is -0.102. The van der Waals surface area contributed by atoms with E-state index in [2.05, 4.69) is 20.4 Å². The molecule has 4 rings (SSSR count). The number of rotatable bonds is 6. The molecule has 1 aromatic rings. The molecule has 3 aliphatic rings. The van der Waals surface area contributed by atoms with Gasteiger partial charge in [-0.2, -0.15) is 0 Å². The number of benzene rings is 1. The first-order chi connectivity index (χ1) is 13.6. The zero-order valence-electron chi connectivity index (χ0n) is 16.5. The monoisotopic (exact) mass is 386 g/mol. The van der Waals surface area contributed by atoms with E-state index >= 15 is 0 Å². The molecule has 1 saturated carbocycles. The minimum absolute atomic E-state index is 0.0184. The van der Waals surface area contributed by atoms with Crippen LogP contribution in [0.2, 0.25) is 0 Å². The van der Waals surface area contributed by atoms with E-state index in [1.165, 1.54) is 0 Å². The van der Waals surface area contributed by atoms with Crippen molar-refractivity contribution in [3.8, 4) is 5.75 Å². The summed E-state index contributed by atoms with van der Waals surface area (Å²) in [5.74, 6) is 1.05. The Morgan fingerprint density at radius 2 is 1.86 bits per heavy atom. The van der Waals surface area contributed by atoms with Crippen LogP contribution in [0.25, 0.3) is 0 Å². The lowest BCUT2D eigenvalue weighted by Crippen LogP contribution is -2.55. The van der Waals surface area contributed by atoms with Gasteiger partial charge in [-0.25, -0.2) is 0 Å². The highest BCUT2D eigenvalue weighted by Gasteiger charge is 2.30. The zero-order chi connectivity index (χ0) is 19.5. The third-order valence-corrected chi connectivity index (χ3v) is 5.92. The summed E-state index contributed by atoms with van der Waals surface area (Å²) in [6.45, 7) is 6.23. The van der Waals surface area contributed by atoms with E-state index in [0.717, 1.165) is 56.8 Å². The van der Waals surface area contributed by atoms with E-state index in [1.807, 2.05) is 31.2 Å². The van der Waals surface area contributed by atoms with Gasteiger partial charge in [0.2, 0.25) is 11.8 Å². The molecule has 0 spiro atoms.